The van der Waals surface area contributed by atoms with Crippen molar-refractivity contribution in [3.05, 3.63) is 34.3 Å². The molecule has 3 rings (SSSR count). The zero-order valence-electron chi connectivity index (χ0n) is 16.4. The number of nitrogens with one attached hydrogen (secondary N) is 1. The van der Waals surface area contributed by atoms with Crippen LogP contribution in [0.2, 0.25) is 0 Å². The minimum absolute atomic E-state index is 0.212. The van der Waals surface area contributed by atoms with E-state index in [1.807, 2.05) is 6.07 Å². The molecular weight excluding hydrogens is 442 g/mol. The molecule has 2 aliphatic heterocycles. The normalized spacial score (nSPS) is 22.6. The average Bonchev–Trinajstić information content (AvgIpc) is 2.92. The van der Waals surface area contributed by atoms with Gasteiger partial charge in [0.15, 0.2) is 0 Å². The van der Waals surface area contributed by atoms with Gasteiger partial charge in [0, 0.05) is 17.6 Å². The maximum absolute atomic E-state index is 13.0. The van der Waals surface area contributed by atoms with Crippen molar-refractivity contribution in [3.8, 4) is 0 Å². The highest BCUT2D eigenvalue weighted by Crippen LogP contribution is 2.30. The third kappa shape index (κ3) is 4.29. The Morgan fingerprint density at radius 1 is 1.28 bits per heavy atom. The Kier molecular flexibility index (Phi) is 6.26. The summed E-state index contributed by atoms with van der Waals surface area (Å²) in [5, 5.41) is 2.70. The Morgan fingerprint density at radius 2 is 1.97 bits per heavy atom. The van der Waals surface area contributed by atoms with Crippen molar-refractivity contribution >= 4 is 39.7 Å². The van der Waals surface area contributed by atoms with Crippen LogP contribution in [0.25, 0.3) is 0 Å². The van der Waals surface area contributed by atoms with E-state index in [2.05, 4.69) is 21.2 Å². The standard InChI is InChI=1S/C20H24BrN3O5/c1-3-29-17(26)13-7-9-23(10-8-13)16(25)12-24-18(27)20(2,22-19(24)28)14-5-4-6-15(21)11-14/h4-6,11,13H,3,7-10,12H2,1-2H3,(H,22,28). The van der Waals surface area contributed by atoms with Crippen molar-refractivity contribution in [1.29, 1.82) is 0 Å². The molecule has 29 heavy (non-hydrogen) atoms. The van der Waals surface area contributed by atoms with Crippen LogP contribution in [0.4, 0.5) is 4.79 Å². The molecule has 1 aromatic rings. The molecule has 1 aromatic carbocycles. The van der Waals surface area contributed by atoms with E-state index >= 15 is 0 Å². The number of halogens is 1. The number of hydrogen-bond donors (Lipinski definition) is 1. The molecule has 0 aromatic heterocycles. The largest absolute Gasteiger partial charge is 0.466 e. The number of esters is 1. The fourth-order valence-corrected chi connectivity index (χ4v) is 4.09. The zero-order valence-corrected chi connectivity index (χ0v) is 18.0. The number of nitrogens with zero attached hydrogens (tertiary/aromatic N) is 2. The number of rotatable bonds is 5. The van der Waals surface area contributed by atoms with Gasteiger partial charge in [-0.3, -0.25) is 19.3 Å². The quantitative estimate of drug-likeness (QED) is 0.529. The number of carbonyl (C=O) groups is 4. The molecule has 2 aliphatic rings. The predicted octanol–water partition coefficient (Wildman–Crippen LogP) is 2.02. The molecule has 1 unspecified atom stereocenters. The van der Waals surface area contributed by atoms with Gasteiger partial charge in [0.2, 0.25) is 5.91 Å². The van der Waals surface area contributed by atoms with Crippen LogP contribution in [0.15, 0.2) is 28.7 Å². The van der Waals surface area contributed by atoms with Crippen LogP contribution in [0.5, 0.6) is 0 Å². The Morgan fingerprint density at radius 3 is 2.59 bits per heavy atom. The molecule has 2 fully saturated rings. The Balaban J connectivity index is 1.63. The summed E-state index contributed by atoms with van der Waals surface area (Å²) in [6, 6.07) is 6.55. The number of likely N-dealkylation sites (tertiary alicyclic amines) is 1. The van der Waals surface area contributed by atoms with E-state index in [1.165, 1.54) is 0 Å². The van der Waals surface area contributed by atoms with Gasteiger partial charge in [-0.25, -0.2) is 4.79 Å². The first kappa shape index (κ1) is 21.3. The molecule has 4 amide bonds. The van der Waals surface area contributed by atoms with Gasteiger partial charge in [0.25, 0.3) is 5.91 Å². The molecule has 0 spiro atoms. The van der Waals surface area contributed by atoms with Crippen molar-refractivity contribution in [2.75, 3.05) is 26.2 Å². The first-order valence-electron chi connectivity index (χ1n) is 9.60. The topological polar surface area (TPSA) is 96.0 Å². The number of benzene rings is 1. The first-order valence-corrected chi connectivity index (χ1v) is 10.4. The number of imide groups is 1. The van der Waals surface area contributed by atoms with Gasteiger partial charge in [-0.1, -0.05) is 28.1 Å². The van der Waals surface area contributed by atoms with Crippen molar-refractivity contribution in [2.24, 2.45) is 5.92 Å². The molecule has 8 nitrogen and oxygen atoms in total. The summed E-state index contributed by atoms with van der Waals surface area (Å²) in [6.45, 7) is 4.20. The van der Waals surface area contributed by atoms with Crippen LogP contribution in [0.1, 0.15) is 32.3 Å². The highest BCUT2D eigenvalue weighted by atomic mass is 79.9. The van der Waals surface area contributed by atoms with Crippen molar-refractivity contribution in [1.82, 2.24) is 15.1 Å². The predicted molar refractivity (Wildman–Crippen MR) is 108 cm³/mol. The van der Waals surface area contributed by atoms with E-state index in [-0.39, 0.29) is 24.3 Å². The van der Waals surface area contributed by atoms with Gasteiger partial charge < -0.3 is 15.0 Å². The Bertz CT molecular complexity index is 837. The second-order valence-electron chi connectivity index (χ2n) is 7.36. The second-order valence-corrected chi connectivity index (χ2v) is 8.28. The number of carbonyl (C=O) groups excluding carboxylic acids is 4. The monoisotopic (exact) mass is 465 g/mol. The number of hydrogen-bond acceptors (Lipinski definition) is 5. The molecule has 9 heteroatoms. The summed E-state index contributed by atoms with van der Waals surface area (Å²) in [5.41, 5.74) is -0.590. The molecule has 1 atom stereocenters. The lowest BCUT2D eigenvalue weighted by Crippen LogP contribution is -2.47. The molecule has 0 aliphatic carbocycles. The third-order valence-corrected chi connectivity index (χ3v) is 5.93. The lowest BCUT2D eigenvalue weighted by atomic mass is 9.92. The van der Waals surface area contributed by atoms with Gasteiger partial charge in [-0.15, -0.1) is 0 Å². The van der Waals surface area contributed by atoms with Crippen molar-refractivity contribution in [3.63, 3.8) is 0 Å². The SMILES string of the molecule is CCOC(=O)C1CCN(C(=O)CN2C(=O)NC(C)(c3cccc(Br)c3)C2=O)CC1. The summed E-state index contributed by atoms with van der Waals surface area (Å²) >= 11 is 3.37. The van der Waals surface area contributed by atoms with E-state index in [0.29, 0.717) is 38.1 Å². The fraction of sp³-hybridized carbons (Fsp3) is 0.500. The zero-order chi connectivity index (χ0) is 21.2. The van der Waals surface area contributed by atoms with Gasteiger partial charge >= 0.3 is 12.0 Å². The summed E-state index contributed by atoms with van der Waals surface area (Å²) in [5.74, 6) is -1.22. The Labute approximate surface area is 177 Å². The minimum atomic E-state index is -1.22. The maximum Gasteiger partial charge on any atom is 0.325 e. The Hall–Kier alpha value is -2.42. The molecule has 0 bridgehead atoms. The fourth-order valence-electron chi connectivity index (χ4n) is 3.70. The highest BCUT2D eigenvalue weighted by molar-refractivity contribution is 9.10. The van der Waals surface area contributed by atoms with E-state index in [9.17, 15) is 19.2 Å². The van der Waals surface area contributed by atoms with Gasteiger partial charge in [0.1, 0.15) is 12.1 Å². The lowest BCUT2D eigenvalue weighted by Gasteiger charge is -2.31. The number of ether oxygens (including phenoxy) is 1. The van der Waals surface area contributed by atoms with Gasteiger partial charge in [-0.05, 0) is 44.4 Å². The van der Waals surface area contributed by atoms with Crippen molar-refractivity contribution < 1.29 is 23.9 Å². The number of amides is 4. The lowest BCUT2D eigenvalue weighted by molar-refractivity contribution is -0.151. The molecule has 2 heterocycles. The van der Waals surface area contributed by atoms with E-state index in [4.69, 9.17) is 4.74 Å². The highest BCUT2D eigenvalue weighted by Gasteiger charge is 2.49. The maximum atomic E-state index is 13.0. The van der Waals surface area contributed by atoms with Crippen LogP contribution in [0.3, 0.4) is 0 Å². The summed E-state index contributed by atoms with van der Waals surface area (Å²) in [7, 11) is 0. The molecule has 1 N–H and O–H groups in total. The smallest absolute Gasteiger partial charge is 0.325 e. The summed E-state index contributed by atoms with van der Waals surface area (Å²) < 4.78 is 5.82. The van der Waals surface area contributed by atoms with Crippen LogP contribution >= 0.6 is 15.9 Å². The molecule has 156 valence electrons. The second kappa shape index (κ2) is 8.52. The average molecular weight is 466 g/mol. The van der Waals surface area contributed by atoms with Crippen LogP contribution in [0, 0.1) is 5.92 Å². The molecular formula is C20H24BrN3O5. The summed E-state index contributed by atoms with van der Waals surface area (Å²) in [4.78, 5) is 52.5. The van der Waals surface area contributed by atoms with Gasteiger partial charge in [0.05, 0.1) is 12.5 Å². The summed E-state index contributed by atoms with van der Waals surface area (Å²) in [6.07, 6.45) is 1.03. The molecule has 0 saturated carbocycles. The van der Waals surface area contributed by atoms with Crippen LogP contribution in [-0.2, 0) is 24.7 Å². The van der Waals surface area contributed by atoms with Crippen molar-refractivity contribution in [2.45, 2.75) is 32.2 Å². The van der Waals surface area contributed by atoms with Crippen LogP contribution < -0.4 is 5.32 Å². The molecule has 0 radical (unpaired) electrons. The van der Waals surface area contributed by atoms with Gasteiger partial charge in [-0.2, -0.15) is 0 Å². The van der Waals surface area contributed by atoms with E-state index in [1.54, 1.807) is 36.9 Å². The van der Waals surface area contributed by atoms with Crippen LogP contribution in [-0.4, -0.2) is 59.9 Å². The first-order chi connectivity index (χ1) is 13.8. The minimum Gasteiger partial charge on any atom is -0.466 e. The third-order valence-electron chi connectivity index (χ3n) is 5.44. The number of urea groups is 1. The van der Waals surface area contributed by atoms with E-state index < -0.39 is 17.5 Å². The number of piperidine rings is 1. The van der Waals surface area contributed by atoms with E-state index in [0.717, 1.165) is 9.37 Å². The molecule has 2 saturated heterocycles.